The Bertz CT molecular complexity index is 808. The monoisotopic (exact) mass is 281 g/mol. The zero-order valence-corrected chi connectivity index (χ0v) is 11.7. The van der Waals surface area contributed by atoms with Gasteiger partial charge in [0.25, 0.3) is 0 Å². The first-order chi connectivity index (χ1) is 10.2. The summed E-state index contributed by atoms with van der Waals surface area (Å²) in [5.74, 6) is -0.0450. The standard InChI is InChI=1S/C16H15N3O2/c1-2-19-14-6-4-3-5-13(14)18-15(19)8-11-7-12(16(20)21)10-17-9-11/h3-7,9-10H,2,8H2,1H3,(H,20,21). The molecule has 3 aromatic rings. The largest absolute Gasteiger partial charge is 0.478 e. The van der Waals surface area contributed by atoms with E-state index in [-0.39, 0.29) is 5.56 Å². The summed E-state index contributed by atoms with van der Waals surface area (Å²) >= 11 is 0. The van der Waals surface area contributed by atoms with Crippen molar-refractivity contribution in [3.8, 4) is 0 Å². The Morgan fingerprint density at radius 2 is 2.10 bits per heavy atom. The van der Waals surface area contributed by atoms with Crippen molar-refractivity contribution in [3.05, 3.63) is 59.7 Å². The van der Waals surface area contributed by atoms with Crippen LogP contribution in [0.4, 0.5) is 0 Å². The molecule has 0 atom stereocenters. The Labute approximate surface area is 121 Å². The Hall–Kier alpha value is -2.69. The van der Waals surface area contributed by atoms with Crippen molar-refractivity contribution in [2.45, 2.75) is 19.9 Å². The number of para-hydroxylation sites is 2. The minimum Gasteiger partial charge on any atom is -0.478 e. The van der Waals surface area contributed by atoms with E-state index in [9.17, 15) is 4.79 Å². The fourth-order valence-electron chi connectivity index (χ4n) is 2.50. The summed E-state index contributed by atoms with van der Waals surface area (Å²) in [5, 5.41) is 9.03. The quantitative estimate of drug-likeness (QED) is 0.798. The van der Waals surface area contributed by atoms with Crippen molar-refractivity contribution < 1.29 is 9.90 Å². The van der Waals surface area contributed by atoms with Gasteiger partial charge in [0.05, 0.1) is 16.6 Å². The topological polar surface area (TPSA) is 68.0 Å². The Morgan fingerprint density at radius 3 is 2.86 bits per heavy atom. The van der Waals surface area contributed by atoms with Gasteiger partial charge in [0, 0.05) is 25.4 Å². The van der Waals surface area contributed by atoms with Crippen LogP contribution in [0.5, 0.6) is 0 Å². The highest BCUT2D eigenvalue weighted by Crippen LogP contribution is 2.18. The minimum atomic E-state index is -0.964. The van der Waals surface area contributed by atoms with E-state index in [0.717, 1.165) is 29.0 Å². The lowest BCUT2D eigenvalue weighted by Crippen LogP contribution is -2.04. The first-order valence-electron chi connectivity index (χ1n) is 6.80. The Morgan fingerprint density at radius 1 is 1.29 bits per heavy atom. The molecule has 2 heterocycles. The average Bonchev–Trinajstić information content (AvgIpc) is 2.84. The van der Waals surface area contributed by atoms with Crippen LogP contribution >= 0.6 is 0 Å². The summed E-state index contributed by atoms with van der Waals surface area (Å²) in [4.78, 5) is 19.6. The Balaban J connectivity index is 2.01. The number of pyridine rings is 1. The molecule has 1 N–H and O–H groups in total. The minimum absolute atomic E-state index is 0.201. The first kappa shape index (κ1) is 13.3. The maximum Gasteiger partial charge on any atom is 0.337 e. The predicted octanol–water partition coefficient (Wildman–Crippen LogP) is 2.74. The highest BCUT2D eigenvalue weighted by molar-refractivity contribution is 5.87. The highest BCUT2D eigenvalue weighted by atomic mass is 16.4. The van der Waals surface area contributed by atoms with Gasteiger partial charge < -0.3 is 9.67 Å². The molecule has 0 aliphatic rings. The Kier molecular flexibility index (Phi) is 3.39. The van der Waals surface area contributed by atoms with E-state index in [2.05, 4.69) is 21.5 Å². The lowest BCUT2D eigenvalue weighted by molar-refractivity contribution is 0.0696. The molecule has 1 aromatic carbocycles. The molecular weight excluding hydrogens is 266 g/mol. The number of aromatic nitrogens is 3. The van der Waals surface area contributed by atoms with Crippen LogP contribution in [-0.2, 0) is 13.0 Å². The van der Waals surface area contributed by atoms with Crippen LogP contribution in [0.1, 0.15) is 28.7 Å². The van der Waals surface area contributed by atoms with E-state index in [1.165, 1.54) is 6.20 Å². The molecule has 0 saturated carbocycles. The number of carboxylic acid groups (broad SMARTS) is 1. The second-order valence-corrected chi connectivity index (χ2v) is 4.82. The lowest BCUT2D eigenvalue weighted by Gasteiger charge is -2.06. The number of aromatic carboxylic acids is 1. The van der Waals surface area contributed by atoms with Crippen LogP contribution in [0, 0.1) is 0 Å². The SMILES string of the molecule is CCn1c(Cc2cncc(C(=O)O)c2)nc2ccccc21. The van der Waals surface area contributed by atoms with Gasteiger partial charge in [-0.25, -0.2) is 9.78 Å². The maximum atomic E-state index is 11.0. The smallest absolute Gasteiger partial charge is 0.337 e. The average molecular weight is 281 g/mol. The molecule has 0 unspecified atom stereocenters. The number of rotatable bonds is 4. The van der Waals surface area contributed by atoms with Gasteiger partial charge in [0.1, 0.15) is 5.82 Å². The molecule has 0 bridgehead atoms. The molecule has 0 saturated heterocycles. The van der Waals surface area contributed by atoms with E-state index < -0.39 is 5.97 Å². The van der Waals surface area contributed by atoms with Gasteiger partial charge in [-0.2, -0.15) is 0 Å². The summed E-state index contributed by atoms with van der Waals surface area (Å²) in [7, 11) is 0. The molecule has 3 rings (SSSR count). The molecule has 5 nitrogen and oxygen atoms in total. The predicted molar refractivity (Wildman–Crippen MR) is 79.4 cm³/mol. The van der Waals surface area contributed by atoms with Crippen molar-refractivity contribution in [2.75, 3.05) is 0 Å². The third kappa shape index (κ3) is 2.50. The van der Waals surface area contributed by atoms with Crippen molar-refractivity contribution in [3.63, 3.8) is 0 Å². The van der Waals surface area contributed by atoms with E-state index >= 15 is 0 Å². The maximum absolute atomic E-state index is 11.0. The van der Waals surface area contributed by atoms with Gasteiger partial charge in [-0.15, -0.1) is 0 Å². The van der Waals surface area contributed by atoms with Crippen molar-refractivity contribution in [1.82, 2.24) is 14.5 Å². The van der Waals surface area contributed by atoms with E-state index in [1.54, 1.807) is 12.3 Å². The normalized spacial score (nSPS) is 10.9. The number of imidazole rings is 1. The second kappa shape index (κ2) is 5.36. The molecule has 0 aliphatic carbocycles. The third-order valence-electron chi connectivity index (χ3n) is 3.45. The number of benzene rings is 1. The van der Waals surface area contributed by atoms with Crippen LogP contribution < -0.4 is 0 Å². The van der Waals surface area contributed by atoms with E-state index in [1.807, 2.05) is 24.3 Å². The fourth-order valence-corrected chi connectivity index (χ4v) is 2.50. The number of carboxylic acids is 1. The summed E-state index contributed by atoms with van der Waals surface area (Å²) in [6.45, 7) is 2.89. The molecule has 0 amide bonds. The van der Waals surface area contributed by atoms with Gasteiger partial charge >= 0.3 is 5.97 Å². The van der Waals surface area contributed by atoms with Crippen molar-refractivity contribution in [1.29, 1.82) is 0 Å². The fraction of sp³-hybridized carbons (Fsp3) is 0.188. The van der Waals surface area contributed by atoms with Crippen LogP contribution in [0.2, 0.25) is 0 Å². The van der Waals surface area contributed by atoms with Gasteiger partial charge in [0.15, 0.2) is 0 Å². The summed E-state index contributed by atoms with van der Waals surface area (Å²) in [6, 6.07) is 9.63. The van der Waals surface area contributed by atoms with Crippen LogP contribution in [-0.4, -0.2) is 25.6 Å². The van der Waals surface area contributed by atoms with Crippen molar-refractivity contribution in [2.24, 2.45) is 0 Å². The number of hydrogen-bond donors (Lipinski definition) is 1. The van der Waals surface area contributed by atoms with Crippen LogP contribution in [0.3, 0.4) is 0 Å². The molecule has 0 radical (unpaired) electrons. The van der Waals surface area contributed by atoms with Crippen LogP contribution in [0.25, 0.3) is 11.0 Å². The van der Waals surface area contributed by atoms with E-state index in [0.29, 0.717) is 6.42 Å². The number of nitrogens with zero attached hydrogens (tertiary/aromatic N) is 3. The molecule has 5 heteroatoms. The molecule has 0 aliphatic heterocycles. The van der Waals surface area contributed by atoms with Crippen molar-refractivity contribution >= 4 is 17.0 Å². The zero-order valence-electron chi connectivity index (χ0n) is 11.7. The summed E-state index contributed by atoms with van der Waals surface area (Å²) in [6.07, 6.45) is 3.61. The number of aryl methyl sites for hydroxylation is 1. The lowest BCUT2D eigenvalue weighted by atomic mass is 10.1. The first-order valence-corrected chi connectivity index (χ1v) is 6.80. The van der Waals surface area contributed by atoms with Gasteiger partial charge in [-0.05, 0) is 30.7 Å². The third-order valence-corrected chi connectivity index (χ3v) is 3.45. The van der Waals surface area contributed by atoms with Gasteiger partial charge in [0.2, 0.25) is 0 Å². The number of hydrogen-bond acceptors (Lipinski definition) is 3. The van der Waals surface area contributed by atoms with Gasteiger partial charge in [-0.1, -0.05) is 12.1 Å². The number of fused-ring (bicyclic) bond motifs is 1. The second-order valence-electron chi connectivity index (χ2n) is 4.82. The molecule has 2 aromatic heterocycles. The zero-order chi connectivity index (χ0) is 14.8. The molecule has 0 fully saturated rings. The highest BCUT2D eigenvalue weighted by Gasteiger charge is 2.11. The van der Waals surface area contributed by atoms with E-state index in [4.69, 9.17) is 5.11 Å². The number of carbonyl (C=O) groups is 1. The molecule has 0 spiro atoms. The summed E-state index contributed by atoms with van der Waals surface area (Å²) < 4.78 is 2.14. The van der Waals surface area contributed by atoms with Crippen LogP contribution in [0.15, 0.2) is 42.7 Å². The van der Waals surface area contributed by atoms with Gasteiger partial charge in [-0.3, -0.25) is 4.98 Å². The summed E-state index contributed by atoms with van der Waals surface area (Å²) in [5.41, 5.74) is 3.10. The molecule has 106 valence electrons. The molecular formula is C16H15N3O2. The molecule has 21 heavy (non-hydrogen) atoms.